The zero-order chi connectivity index (χ0) is 12.3. The normalized spacial score (nSPS) is 14.4. The second-order valence-corrected chi connectivity index (χ2v) is 5.96. The van der Waals surface area contributed by atoms with Crippen LogP contribution in [0.5, 0.6) is 0 Å². The van der Waals surface area contributed by atoms with Crippen LogP contribution in [-0.2, 0) is 42.1 Å². The standard InChI is InChI=1S/C12H21N3.2Pt/c1-11(2,3)9(13-7)15-10(14-8)12(4,5)6;;/h9-10,15H,1-6H3;;. The molecule has 0 amide bonds. The Balaban J connectivity index is -0.000000980. The summed E-state index contributed by atoms with van der Waals surface area (Å²) in [6.07, 6.45) is -0.619. The minimum atomic E-state index is -0.309. The van der Waals surface area contributed by atoms with Crippen molar-refractivity contribution in [3.63, 3.8) is 0 Å². The fraction of sp³-hybridized carbons (Fsp3) is 0.833. The molecule has 0 heterocycles. The van der Waals surface area contributed by atoms with Gasteiger partial charge in [0.05, 0.1) is 10.8 Å². The number of hydrogen-bond donors (Lipinski definition) is 1. The summed E-state index contributed by atoms with van der Waals surface area (Å²) in [5.41, 5.74) is -0.286. The Morgan fingerprint density at radius 3 is 1.12 bits per heavy atom. The van der Waals surface area contributed by atoms with Gasteiger partial charge in [0, 0.05) is 42.1 Å². The van der Waals surface area contributed by atoms with Crippen LogP contribution in [0.3, 0.4) is 0 Å². The molecule has 2 unspecified atom stereocenters. The minimum Gasteiger partial charge on any atom is -0.295 e. The third kappa shape index (κ3) is 8.10. The summed E-state index contributed by atoms with van der Waals surface area (Å²) in [4.78, 5) is 7.11. The average molecular weight is 597 g/mol. The third-order valence-corrected chi connectivity index (χ3v) is 2.21. The SMILES string of the molecule is [C-]#[N+]C(NC([N+]#[C-])C(C)(C)C)C(C)(C)C.[Pt].[Pt]. The molecule has 0 fully saturated rings. The zero-order valence-electron chi connectivity index (χ0n) is 11.2. The molecule has 0 aliphatic heterocycles. The van der Waals surface area contributed by atoms with Gasteiger partial charge in [-0.3, -0.25) is 9.69 Å². The molecule has 2 atom stereocenters. The van der Waals surface area contributed by atoms with E-state index < -0.39 is 0 Å². The molecule has 0 aromatic rings. The van der Waals surface area contributed by atoms with Gasteiger partial charge in [-0.1, -0.05) is 41.5 Å². The molecule has 0 bridgehead atoms. The molecule has 3 nitrogen and oxygen atoms in total. The Kier molecular flexibility index (Phi) is 11.1. The predicted octanol–water partition coefficient (Wildman–Crippen LogP) is 3.15. The molecule has 0 radical (unpaired) electrons. The molecular formula is C12H21N3Pt2. The smallest absolute Gasteiger partial charge is 0.287 e. The molecule has 0 spiro atoms. The van der Waals surface area contributed by atoms with Gasteiger partial charge in [-0.25, -0.2) is 13.1 Å². The number of nitrogens with zero attached hydrogens (tertiary/aromatic N) is 2. The Labute approximate surface area is 134 Å². The molecule has 1 N–H and O–H groups in total. The minimum absolute atomic E-state index is 0. The van der Waals surface area contributed by atoms with Crippen LogP contribution in [0.15, 0.2) is 0 Å². The largest absolute Gasteiger partial charge is 0.295 e. The Morgan fingerprint density at radius 1 is 0.765 bits per heavy atom. The second kappa shape index (κ2) is 8.42. The van der Waals surface area contributed by atoms with Gasteiger partial charge in [0.2, 0.25) is 0 Å². The first-order valence-corrected chi connectivity index (χ1v) is 5.12. The summed E-state index contributed by atoms with van der Waals surface area (Å²) in [6.45, 7) is 26.3. The summed E-state index contributed by atoms with van der Waals surface area (Å²) in [7, 11) is 0. The summed E-state index contributed by atoms with van der Waals surface area (Å²) in [6, 6.07) is 0. The molecule has 0 aromatic carbocycles. The Morgan fingerprint density at radius 2 is 1.00 bits per heavy atom. The summed E-state index contributed by atoms with van der Waals surface area (Å²) < 4.78 is 0. The van der Waals surface area contributed by atoms with E-state index in [1.54, 1.807) is 0 Å². The van der Waals surface area contributed by atoms with Crippen LogP contribution in [-0.4, -0.2) is 12.3 Å². The van der Waals surface area contributed by atoms with Gasteiger partial charge in [0.1, 0.15) is 0 Å². The number of hydrogen-bond acceptors (Lipinski definition) is 1. The predicted molar refractivity (Wildman–Crippen MR) is 62.8 cm³/mol. The molecule has 0 aliphatic carbocycles. The van der Waals surface area contributed by atoms with E-state index in [0.29, 0.717) is 0 Å². The summed E-state index contributed by atoms with van der Waals surface area (Å²) in [5, 5.41) is 3.12. The van der Waals surface area contributed by atoms with Crippen molar-refractivity contribution >= 4 is 0 Å². The van der Waals surface area contributed by atoms with Crippen LogP contribution < -0.4 is 5.32 Å². The molecule has 0 saturated heterocycles. The van der Waals surface area contributed by atoms with Crippen LogP contribution in [0.1, 0.15) is 41.5 Å². The first kappa shape index (κ1) is 22.5. The van der Waals surface area contributed by atoms with Crippen molar-refractivity contribution in [1.82, 2.24) is 5.32 Å². The summed E-state index contributed by atoms with van der Waals surface area (Å²) >= 11 is 0. The average Bonchev–Trinajstić information content (AvgIpc) is 2.01. The van der Waals surface area contributed by atoms with E-state index in [4.69, 9.17) is 13.1 Å². The molecular weight excluding hydrogens is 576 g/mol. The van der Waals surface area contributed by atoms with E-state index in [1.165, 1.54) is 0 Å². The van der Waals surface area contributed by atoms with E-state index in [9.17, 15) is 0 Å². The maximum absolute atomic E-state index is 7.15. The quantitative estimate of drug-likeness (QED) is 0.486. The van der Waals surface area contributed by atoms with Crippen molar-refractivity contribution < 1.29 is 42.1 Å². The zero-order valence-corrected chi connectivity index (χ0v) is 15.7. The number of nitrogens with one attached hydrogen (secondary N) is 1. The van der Waals surface area contributed by atoms with E-state index in [1.807, 2.05) is 41.5 Å². The molecule has 104 valence electrons. The molecule has 0 aliphatic rings. The Hall–Kier alpha value is 0.317. The monoisotopic (exact) mass is 597 g/mol. The summed E-state index contributed by atoms with van der Waals surface area (Å²) in [5.74, 6) is 0. The van der Waals surface area contributed by atoms with Crippen LogP contribution in [0.4, 0.5) is 0 Å². The number of rotatable bonds is 2. The van der Waals surface area contributed by atoms with Crippen molar-refractivity contribution in [3.8, 4) is 0 Å². The van der Waals surface area contributed by atoms with Crippen LogP contribution in [0.25, 0.3) is 9.69 Å². The maximum atomic E-state index is 7.15. The van der Waals surface area contributed by atoms with Crippen molar-refractivity contribution in [3.05, 3.63) is 22.8 Å². The van der Waals surface area contributed by atoms with Crippen molar-refractivity contribution in [1.29, 1.82) is 0 Å². The third-order valence-electron chi connectivity index (χ3n) is 2.21. The first-order valence-electron chi connectivity index (χ1n) is 5.12. The van der Waals surface area contributed by atoms with Gasteiger partial charge in [-0.2, -0.15) is 5.32 Å². The van der Waals surface area contributed by atoms with Crippen molar-refractivity contribution in [2.24, 2.45) is 10.8 Å². The van der Waals surface area contributed by atoms with Gasteiger partial charge in [0.15, 0.2) is 0 Å². The van der Waals surface area contributed by atoms with E-state index in [2.05, 4.69) is 15.0 Å². The molecule has 0 rings (SSSR count). The van der Waals surface area contributed by atoms with Gasteiger partial charge in [-0.05, 0) is 0 Å². The van der Waals surface area contributed by atoms with Gasteiger partial charge in [0.25, 0.3) is 12.3 Å². The first-order chi connectivity index (χ1) is 6.62. The van der Waals surface area contributed by atoms with Crippen molar-refractivity contribution in [2.45, 2.75) is 53.9 Å². The van der Waals surface area contributed by atoms with Crippen LogP contribution in [0.2, 0.25) is 0 Å². The van der Waals surface area contributed by atoms with Crippen LogP contribution >= 0.6 is 0 Å². The molecule has 0 saturated carbocycles. The van der Waals surface area contributed by atoms with Gasteiger partial charge < -0.3 is 0 Å². The second-order valence-electron chi connectivity index (χ2n) is 5.96. The molecule has 17 heavy (non-hydrogen) atoms. The fourth-order valence-corrected chi connectivity index (χ4v) is 1.11. The molecule has 5 heteroatoms. The topological polar surface area (TPSA) is 20.8 Å². The van der Waals surface area contributed by atoms with Gasteiger partial charge in [-0.15, -0.1) is 0 Å². The van der Waals surface area contributed by atoms with Crippen LogP contribution in [0, 0.1) is 24.0 Å². The van der Waals surface area contributed by atoms with E-state index >= 15 is 0 Å². The van der Waals surface area contributed by atoms with E-state index in [0.717, 1.165) is 0 Å². The molecule has 0 aromatic heterocycles. The van der Waals surface area contributed by atoms with Gasteiger partial charge >= 0.3 is 0 Å². The van der Waals surface area contributed by atoms with E-state index in [-0.39, 0.29) is 65.3 Å². The maximum Gasteiger partial charge on any atom is 0.287 e. The fourth-order valence-electron chi connectivity index (χ4n) is 1.11. The van der Waals surface area contributed by atoms with Crippen molar-refractivity contribution in [2.75, 3.05) is 0 Å². The Bertz CT molecular complexity index is 259.